The number of ether oxygens (including phenoxy) is 1. The first-order valence-corrected chi connectivity index (χ1v) is 8.98. The highest BCUT2D eigenvalue weighted by molar-refractivity contribution is 9.10. The van der Waals surface area contributed by atoms with Crippen LogP contribution in [-0.2, 0) is 9.53 Å². The van der Waals surface area contributed by atoms with E-state index < -0.39 is 0 Å². The fourth-order valence-corrected chi connectivity index (χ4v) is 3.20. The second-order valence-corrected chi connectivity index (χ2v) is 7.39. The van der Waals surface area contributed by atoms with Crippen LogP contribution in [0.1, 0.15) is 55.5 Å². The van der Waals surface area contributed by atoms with E-state index in [4.69, 9.17) is 4.74 Å². The predicted molar refractivity (Wildman–Crippen MR) is 88.4 cm³/mol. The van der Waals surface area contributed by atoms with Crippen LogP contribution in [0.4, 0.5) is 5.00 Å². The van der Waals surface area contributed by atoms with E-state index in [2.05, 4.69) is 21.2 Å². The van der Waals surface area contributed by atoms with Crippen molar-refractivity contribution in [3.05, 3.63) is 16.5 Å². The highest BCUT2D eigenvalue weighted by Gasteiger charge is 2.33. The summed E-state index contributed by atoms with van der Waals surface area (Å²) in [5, 5.41) is 5.44. The molecule has 1 aliphatic rings. The predicted octanol–water partition coefficient (Wildman–Crippen LogP) is 4.16. The molecule has 0 aromatic carbocycles. The van der Waals surface area contributed by atoms with E-state index >= 15 is 0 Å². The molecule has 0 radical (unpaired) electrons. The molecule has 1 saturated carbocycles. The molecule has 6 heteroatoms. The van der Waals surface area contributed by atoms with Gasteiger partial charge in [0.05, 0.1) is 17.0 Å². The van der Waals surface area contributed by atoms with Gasteiger partial charge in [-0.1, -0.05) is 29.8 Å². The minimum atomic E-state index is -0.341. The van der Waals surface area contributed by atoms with Crippen LogP contribution in [0.15, 0.2) is 5.38 Å². The molecule has 1 heterocycles. The summed E-state index contributed by atoms with van der Waals surface area (Å²) >= 11 is 4.78. The zero-order valence-corrected chi connectivity index (χ0v) is 14.8. The molecule has 1 atom stereocenters. The van der Waals surface area contributed by atoms with Crippen LogP contribution in [0.5, 0.6) is 0 Å². The standard InChI is InChI=1S/C15H20BrNO3S/c1-4-20-15(19)11-10(9-5-6-9)7-21-14(11)17-13(18)12(16)8(2)3/h7-9,12H,4-6H2,1-3H3,(H,17,18). The van der Waals surface area contributed by atoms with Crippen LogP contribution in [0.3, 0.4) is 0 Å². The summed E-state index contributed by atoms with van der Waals surface area (Å²) in [5.41, 5.74) is 1.56. The Bertz CT molecular complexity index is 537. The van der Waals surface area contributed by atoms with Crippen LogP contribution >= 0.6 is 27.3 Å². The minimum Gasteiger partial charge on any atom is -0.462 e. The maximum absolute atomic E-state index is 12.2. The van der Waals surface area contributed by atoms with Gasteiger partial charge in [0, 0.05) is 0 Å². The van der Waals surface area contributed by atoms with E-state index in [0.717, 1.165) is 18.4 Å². The fourth-order valence-electron chi connectivity index (χ4n) is 2.06. The van der Waals surface area contributed by atoms with Gasteiger partial charge in [-0.3, -0.25) is 4.79 Å². The molecule has 1 aromatic rings. The third-order valence-corrected chi connectivity index (χ3v) is 5.78. The largest absolute Gasteiger partial charge is 0.462 e. The Morgan fingerprint density at radius 3 is 2.67 bits per heavy atom. The molecule has 1 N–H and O–H groups in total. The van der Waals surface area contributed by atoms with E-state index in [1.807, 2.05) is 19.2 Å². The molecule has 116 valence electrons. The van der Waals surface area contributed by atoms with Gasteiger partial charge in [0.15, 0.2) is 0 Å². The van der Waals surface area contributed by atoms with Gasteiger partial charge in [0.1, 0.15) is 5.00 Å². The van der Waals surface area contributed by atoms with Gasteiger partial charge in [0.2, 0.25) is 5.91 Å². The van der Waals surface area contributed by atoms with Crippen LogP contribution < -0.4 is 5.32 Å². The number of rotatable bonds is 6. The molecule has 21 heavy (non-hydrogen) atoms. The summed E-state index contributed by atoms with van der Waals surface area (Å²) < 4.78 is 5.14. The zero-order chi connectivity index (χ0) is 15.6. The van der Waals surface area contributed by atoms with Crippen LogP contribution in [0.2, 0.25) is 0 Å². The van der Waals surface area contributed by atoms with Gasteiger partial charge in [-0.15, -0.1) is 11.3 Å². The summed E-state index contributed by atoms with van der Waals surface area (Å²) in [6.07, 6.45) is 2.20. The molecule has 1 aromatic heterocycles. The number of carbonyl (C=O) groups excluding carboxylic acids is 2. The Balaban J connectivity index is 2.22. The average molecular weight is 374 g/mol. The monoisotopic (exact) mass is 373 g/mol. The van der Waals surface area contributed by atoms with Crippen LogP contribution in [-0.4, -0.2) is 23.3 Å². The highest BCUT2D eigenvalue weighted by Crippen LogP contribution is 2.46. The Labute approximate surface area is 137 Å². The third-order valence-electron chi connectivity index (χ3n) is 3.39. The van der Waals surface area contributed by atoms with Crippen molar-refractivity contribution < 1.29 is 14.3 Å². The van der Waals surface area contributed by atoms with E-state index in [0.29, 0.717) is 23.1 Å². The highest BCUT2D eigenvalue weighted by atomic mass is 79.9. The number of amides is 1. The molecule has 2 rings (SSSR count). The maximum atomic E-state index is 12.2. The third kappa shape index (κ3) is 3.86. The Kier molecular flexibility index (Phi) is 5.43. The lowest BCUT2D eigenvalue weighted by Crippen LogP contribution is -2.27. The molecule has 1 amide bonds. The second kappa shape index (κ2) is 6.92. The number of thiophene rings is 1. The van der Waals surface area contributed by atoms with Gasteiger partial charge in [-0.05, 0) is 42.5 Å². The van der Waals surface area contributed by atoms with Crippen molar-refractivity contribution in [2.24, 2.45) is 5.92 Å². The molecule has 0 bridgehead atoms. The number of hydrogen-bond donors (Lipinski definition) is 1. The van der Waals surface area contributed by atoms with Gasteiger partial charge in [-0.25, -0.2) is 4.79 Å². The van der Waals surface area contributed by atoms with E-state index in [1.54, 1.807) is 6.92 Å². The maximum Gasteiger partial charge on any atom is 0.341 e. The molecule has 1 fully saturated rings. The number of hydrogen-bond acceptors (Lipinski definition) is 4. The van der Waals surface area contributed by atoms with Crippen molar-refractivity contribution in [2.45, 2.75) is 44.4 Å². The first kappa shape index (κ1) is 16.5. The molecule has 4 nitrogen and oxygen atoms in total. The number of esters is 1. The lowest BCUT2D eigenvalue weighted by molar-refractivity contribution is -0.116. The number of carbonyl (C=O) groups is 2. The normalized spacial score (nSPS) is 15.9. The van der Waals surface area contributed by atoms with Crippen LogP contribution in [0.25, 0.3) is 0 Å². The van der Waals surface area contributed by atoms with E-state index in [1.165, 1.54) is 11.3 Å². The molecular formula is C15H20BrNO3S. The summed E-state index contributed by atoms with van der Waals surface area (Å²) in [5.74, 6) is 0.154. The summed E-state index contributed by atoms with van der Waals surface area (Å²) in [4.78, 5) is 24.1. The fraction of sp³-hybridized carbons (Fsp3) is 0.600. The Hall–Kier alpha value is -0.880. The molecular weight excluding hydrogens is 354 g/mol. The topological polar surface area (TPSA) is 55.4 Å². The van der Waals surface area contributed by atoms with Crippen molar-refractivity contribution >= 4 is 44.1 Å². The number of alkyl halides is 1. The average Bonchev–Trinajstić information content (AvgIpc) is 3.19. The quantitative estimate of drug-likeness (QED) is 0.601. The molecule has 0 saturated heterocycles. The van der Waals surface area contributed by atoms with Crippen molar-refractivity contribution in [3.8, 4) is 0 Å². The van der Waals surface area contributed by atoms with Gasteiger partial charge < -0.3 is 10.1 Å². The van der Waals surface area contributed by atoms with Crippen LogP contribution in [0, 0.1) is 5.92 Å². The second-order valence-electron chi connectivity index (χ2n) is 5.52. The summed E-state index contributed by atoms with van der Waals surface area (Å²) in [6, 6.07) is 0. The smallest absolute Gasteiger partial charge is 0.341 e. The van der Waals surface area contributed by atoms with Gasteiger partial charge in [0.25, 0.3) is 0 Å². The Morgan fingerprint density at radius 2 is 2.14 bits per heavy atom. The number of nitrogens with one attached hydrogen (secondary N) is 1. The summed E-state index contributed by atoms with van der Waals surface area (Å²) in [6.45, 7) is 6.05. The summed E-state index contributed by atoms with van der Waals surface area (Å²) in [7, 11) is 0. The van der Waals surface area contributed by atoms with Gasteiger partial charge >= 0.3 is 5.97 Å². The van der Waals surface area contributed by atoms with Gasteiger partial charge in [-0.2, -0.15) is 0 Å². The lowest BCUT2D eigenvalue weighted by atomic mass is 10.1. The minimum absolute atomic E-state index is 0.125. The van der Waals surface area contributed by atoms with Crippen molar-refractivity contribution in [1.29, 1.82) is 0 Å². The van der Waals surface area contributed by atoms with Crippen molar-refractivity contribution in [1.82, 2.24) is 0 Å². The van der Waals surface area contributed by atoms with E-state index in [9.17, 15) is 9.59 Å². The SMILES string of the molecule is CCOC(=O)c1c(C2CC2)csc1NC(=O)C(Br)C(C)C. The zero-order valence-electron chi connectivity index (χ0n) is 12.4. The first-order valence-electron chi connectivity index (χ1n) is 7.19. The van der Waals surface area contributed by atoms with Crippen molar-refractivity contribution in [3.63, 3.8) is 0 Å². The lowest BCUT2D eigenvalue weighted by Gasteiger charge is -2.14. The van der Waals surface area contributed by atoms with Crippen molar-refractivity contribution in [2.75, 3.05) is 11.9 Å². The number of halogens is 1. The number of anilines is 1. The van der Waals surface area contributed by atoms with E-state index in [-0.39, 0.29) is 22.6 Å². The Morgan fingerprint density at radius 1 is 1.48 bits per heavy atom. The molecule has 1 unspecified atom stereocenters. The molecule has 0 spiro atoms. The first-order chi connectivity index (χ1) is 9.95. The molecule has 0 aliphatic heterocycles. The molecule has 1 aliphatic carbocycles.